The maximum atomic E-state index is 13.5. The Labute approximate surface area is 298 Å². The van der Waals surface area contributed by atoms with E-state index in [1.807, 2.05) is 11.7 Å². The number of nitrogens with zero attached hydrogens (tertiary/aromatic N) is 3. The number of ether oxygens (including phenoxy) is 3. The van der Waals surface area contributed by atoms with Gasteiger partial charge in [-0.1, -0.05) is 60.1 Å². The number of fused-ring (bicyclic) bond motifs is 3. The van der Waals surface area contributed by atoms with E-state index in [-0.39, 0.29) is 44.8 Å². The van der Waals surface area contributed by atoms with Crippen molar-refractivity contribution in [1.82, 2.24) is 20.1 Å². The Hall–Kier alpha value is -1.52. The quantitative estimate of drug-likeness (QED) is 0.274. The van der Waals surface area contributed by atoms with Crippen LogP contribution in [0.4, 0.5) is 0 Å². The molecule has 274 valence electrons. The highest BCUT2D eigenvalue weighted by molar-refractivity contribution is 6.28. The molecule has 9 nitrogen and oxygen atoms in total. The molecule has 3 saturated carbocycles. The van der Waals surface area contributed by atoms with Crippen molar-refractivity contribution in [2.45, 2.75) is 118 Å². The lowest BCUT2D eigenvalue weighted by Crippen LogP contribution is -2.69. The minimum atomic E-state index is -0.622. The minimum absolute atomic E-state index is 0.108. The molecule has 2 aliphatic heterocycles. The van der Waals surface area contributed by atoms with Gasteiger partial charge in [0.25, 0.3) is 0 Å². The average Bonchev–Trinajstić information content (AvgIpc) is 3.49. The maximum Gasteiger partial charge on any atom is 0.307 e. The summed E-state index contributed by atoms with van der Waals surface area (Å²) in [6.07, 6.45) is 11.4. The van der Waals surface area contributed by atoms with E-state index in [9.17, 15) is 9.90 Å². The fraction of sp³-hybridized carbons (Fsp3) is 0.872. The smallest absolute Gasteiger partial charge is 0.307 e. The summed E-state index contributed by atoms with van der Waals surface area (Å²) in [5.41, 5.74) is 0.138. The second-order valence-corrected chi connectivity index (χ2v) is 18.8. The Balaban J connectivity index is 1.30. The molecule has 0 spiro atoms. The second-order valence-electron chi connectivity index (χ2n) is 18.5. The molecule has 0 amide bonds. The number of aromatic nitrogens is 3. The van der Waals surface area contributed by atoms with Gasteiger partial charge < -0.3 is 24.6 Å². The molecule has 6 aliphatic rings. The zero-order chi connectivity index (χ0) is 35.2. The highest BCUT2D eigenvalue weighted by Gasteiger charge is 2.72. The largest absolute Gasteiger partial charge is 0.481 e. The predicted octanol–water partition coefficient (Wildman–Crippen LogP) is 7.21. The van der Waals surface area contributed by atoms with Gasteiger partial charge in [0.05, 0.1) is 37.9 Å². The molecule has 49 heavy (non-hydrogen) atoms. The Kier molecular flexibility index (Phi) is 8.99. The summed E-state index contributed by atoms with van der Waals surface area (Å²) >= 11 is 6.81. The van der Waals surface area contributed by atoms with Gasteiger partial charge in [-0.25, -0.2) is 9.67 Å². The molecule has 2 saturated heterocycles. The Morgan fingerprint density at radius 3 is 2.45 bits per heavy atom. The van der Waals surface area contributed by atoms with Gasteiger partial charge in [0.1, 0.15) is 6.33 Å². The Bertz CT molecular complexity index is 1460. The van der Waals surface area contributed by atoms with Crippen LogP contribution in [0.5, 0.6) is 0 Å². The first-order chi connectivity index (χ1) is 23.1. The highest BCUT2D eigenvalue weighted by Crippen LogP contribution is 2.75. The summed E-state index contributed by atoms with van der Waals surface area (Å²) in [7, 11) is 2.04. The molecule has 0 radical (unpaired) electrons. The maximum absolute atomic E-state index is 13.5. The van der Waals surface area contributed by atoms with Gasteiger partial charge in [0.15, 0.2) is 0 Å². The van der Waals surface area contributed by atoms with Crippen molar-refractivity contribution >= 4 is 17.6 Å². The first-order valence-electron chi connectivity index (χ1n) is 19.1. The number of hydrogen-bond donors (Lipinski definition) is 2. The minimum Gasteiger partial charge on any atom is -0.481 e. The van der Waals surface area contributed by atoms with Crippen molar-refractivity contribution in [2.24, 2.45) is 56.7 Å². The molecule has 4 aliphatic carbocycles. The molecule has 5 fully saturated rings. The van der Waals surface area contributed by atoms with Crippen LogP contribution < -0.4 is 5.32 Å². The lowest BCUT2D eigenvalue weighted by molar-refractivity contribution is -0.253. The van der Waals surface area contributed by atoms with Crippen LogP contribution in [0, 0.1) is 56.7 Å². The lowest BCUT2D eigenvalue weighted by Gasteiger charge is -2.71. The van der Waals surface area contributed by atoms with E-state index in [1.165, 1.54) is 5.57 Å². The normalized spacial score (nSPS) is 45.1. The van der Waals surface area contributed by atoms with Gasteiger partial charge in [-0.05, 0) is 110 Å². The third-order valence-corrected chi connectivity index (χ3v) is 16.7. The first-order valence-corrected chi connectivity index (χ1v) is 19.4. The van der Waals surface area contributed by atoms with E-state index in [0.717, 1.165) is 64.6 Å². The molecule has 10 heteroatoms. The van der Waals surface area contributed by atoms with Crippen molar-refractivity contribution in [3.05, 3.63) is 23.3 Å². The second kappa shape index (κ2) is 12.3. The molecule has 2 N–H and O–H groups in total. The zero-order valence-corrected chi connectivity index (χ0v) is 31.9. The Morgan fingerprint density at radius 2 is 1.82 bits per heavy atom. The van der Waals surface area contributed by atoms with Gasteiger partial charge in [0.2, 0.25) is 5.28 Å². The number of aliphatic carboxylic acids is 1. The van der Waals surface area contributed by atoms with Gasteiger partial charge >= 0.3 is 5.97 Å². The molecule has 0 unspecified atom stereocenters. The molecular weight excluding hydrogens is 640 g/mol. The summed E-state index contributed by atoms with van der Waals surface area (Å²) < 4.78 is 21.6. The van der Waals surface area contributed by atoms with Crippen molar-refractivity contribution in [3.8, 4) is 0 Å². The number of allylic oxidation sites excluding steroid dienone is 1. The van der Waals surface area contributed by atoms with Crippen LogP contribution in [0.15, 0.2) is 18.0 Å². The number of carbonyl (C=O) groups is 1. The SMILES string of the molecule is CNC1(CO[C@H]2[C@H](n3ncnc3Cl)C[C@@]34COC[C@@]2(C)[C@@H]3CC[C@H]2C4=CC[C@@]3(C)[C@H](C(=O)O)[C@@](C)([C@H](C)C(C)C)CC[C@]23C)CCOCC1. The van der Waals surface area contributed by atoms with E-state index in [0.29, 0.717) is 48.8 Å². The Morgan fingerprint density at radius 1 is 1.08 bits per heavy atom. The van der Waals surface area contributed by atoms with Gasteiger partial charge in [-0.15, -0.1) is 0 Å². The summed E-state index contributed by atoms with van der Waals surface area (Å²) in [5.74, 6) is 0.379. The third-order valence-electron chi connectivity index (χ3n) is 16.5. The van der Waals surface area contributed by atoms with Crippen LogP contribution in [-0.4, -0.2) is 77.6 Å². The molecule has 1 aromatic rings. The number of halogens is 1. The topological polar surface area (TPSA) is 108 Å². The molecule has 7 rings (SSSR count). The number of rotatable bonds is 8. The summed E-state index contributed by atoms with van der Waals surface area (Å²) in [6, 6.07) is -0.108. The molecule has 2 bridgehead atoms. The highest BCUT2D eigenvalue weighted by atomic mass is 35.5. The summed E-state index contributed by atoms with van der Waals surface area (Å²) in [4.78, 5) is 17.8. The third kappa shape index (κ3) is 5.01. The van der Waals surface area contributed by atoms with E-state index < -0.39 is 11.9 Å². The molecule has 1 aromatic heterocycles. The summed E-state index contributed by atoms with van der Waals surface area (Å²) in [6.45, 7) is 19.6. The fourth-order valence-corrected chi connectivity index (χ4v) is 13.3. The van der Waals surface area contributed by atoms with Gasteiger partial charge in [0, 0.05) is 29.6 Å². The van der Waals surface area contributed by atoms with Crippen LogP contribution in [0.3, 0.4) is 0 Å². The van der Waals surface area contributed by atoms with Gasteiger partial charge in [-0.3, -0.25) is 4.79 Å². The number of carboxylic acids is 1. The number of likely N-dealkylation sites (N-methyl/N-ethyl adjacent to an activating group) is 1. The lowest BCUT2D eigenvalue weighted by atomic mass is 9.34. The monoisotopic (exact) mass is 700 g/mol. The molecule has 11 atom stereocenters. The van der Waals surface area contributed by atoms with Crippen LogP contribution >= 0.6 is 11.6 Å². The van der Waals surface area contributed by atoms with Crippen LogP contribution in [0.1, 0.15) is 106 Å². The van der Waals surface area contributed by atoms with Crippen molar-refractivity contribution in [1.29, 1.82) is 0 Å². The van der Waals surface area contributed by atoms with Gasteiger partial charge in [-0.2, -0.15) is 5.10 Å². The van der Waals surface area contributed by atoms with Crippen molar-refractivity contribution < 1.29 is 24.1 Å². The first kappa shape index (κ1) is 35.9. The zero-order valence-electron chi connectivity index (χ0n) is 31.2. The van der Waals surface area contributed by atoms with E-state index in [4.69, 9.17) is 30.9 Å². The van der Waals surface area contributed by atoms with Crippen LogP contribution in [-0.2, 0) is 19.0 Å². The van der Waals surface area contributed by atoms with E-state index in [2.05, 4.69) is 64.8 Å². The van der Waals surface area contributed by atoms with Crippen LogP contribution in [0.25, 0.3) is 0 Å². The molecule has 0 aromatic carbocycles. The van der Waals surface area contributed by atoms with E-state index >= 15 is 0 Å². The van der Waals surface area contributed by atoms with E-state index in [1.54, 1.807) is 6.33 Å². The van der Waals surface area contributed by atoms with Crippen LogP contribution in [0.2, 0.25) is 5.28 Å². The number of nitrogens with one attached hydrogen (secondary N) is 1. The average molecular weight is 701 g/mol. The number of carboxylic acid groups (broad SMARTS) is 1. The number of hydrogen-bond acceptors (Lipinski definition) is 7. The summed E-state index contributed by atoms with van der Waals surface area (Å²) in [5, 5.41) is 19.8. The predicted molar refractivity (Wildman–Crippen MR) is 189 cm³/mol. The molecule has 3 heterocycles. The fourth-order valence-electron chi connectivity index (χ4n) is 13.1. The van der Waals surface area contributed by atoms with Crippen molar-refractivity contribution in [3.63, 3.8) is 0 Å². The standard InChI is InChI=1S/C39H61ClN4O5/c1-24(2)25(3)34(4)13-14-36(6)26-9-10-29-35(5)20-48-22-39(29,27(26)11-12-37(36,7)30(34)32(45)46)19-28(44-33(40)42-23-43-44)31(35)49-21-38(41-8)15-17-47-18-16-38/h11,23-26,28-31,41H,9-10,12-22H2,1-8H3,(H,45,46)/t25-,26+,28-,29+,30-,31+,34-,35+,36-,37+,39+/m1/s1. The van der Waals surface area contributed by atoms with Crippen molar-refractivity contribution in [2.75, 3.05) is 40.1 Å². The molecular formula is C39H61ClN4O5.